The third-order valence-electron chi connectivity index (χ3n) is 4.85. The van der Waals surface area contributed by atoms with Crippen LogP contribution in [0.25, 0.3) is 0 Å². The zero-order chi connectivity index (χ0) is 12.5. The van der Waals surface area contributed by atoms with Crippen LogP contribution < -0.4 is 0 Å². The van der Waals surface area contributed by atoms with Crippen molar-refractivity contribution in [2.24, 2.45) is 5.41 Å². The lowest BCUT2D eigenvalue weighted by Gasteiger charge is -2.51. The molecule has 2 fully saturated rings. The molecule has 17 heavy (non-hydrogen) atoms. The topological polar surface area (TPSA) is 38.7 Å². The Morgan fingerprint density at radius 2 is 1.94 bits per heavy atom. The lowest BCUT2D eigenvalue weighted by atomic mass is 9.62. The van der Waals surface area contributed by atoms with E-state index < -0.39 is 0 Å². The van der Waals surface area contributed by atoms with Crippen LogP contribution in [0.15, 0.2) is 0 Å². The largest absolute Gasteiger partial charge is 0.392 e. The first kappa shape index (κ1) is 13.3. The molecular weight excluding hydrogens is 216 g/mol. The summed E-state index contributed by atoms with van der Waals surface area (Å²) in [7, 11) is 1.74. The summed E-state index contributed by atoms with van der Waals surface area (Å²) in [6.07, 6.45) is 6.69. The fourth-order valence-electron chi connectivity index (χ4n) is 3.20. The molecule has 100 valence electrons. The first-order valence-corrected chi connectivity index (χ1v) is 6.85. The van der Waals surface area contributed by atoms with Crippen molar-refractivity contribution in [3.05, 3.63) is 0 Å². The van der Waals surface area contributed by atoms with E-state index in [1.54, 1.807) is 7.11 Å². The van der Waals surface area contributed by atoms with Gasteiger partial charge in [-0.1, -0.05) is 12.8 Å². The maximum Gasteiger partial charge on any atom is 0.0680 e. The molecule has 2 aliphatic rings. The standard InChI is InChI=1S/C14H26O3/c1-13(2,16-3)8-9-17-12-10-11(15)14(12)6-4-5-7-14/h11-12,15H,4-10H2,1-3H3. The van der Waals surface area contributed by atoms with Gasteiger partial charge in [-0.3, -0.25) is 0 Å². The van der Waals surface area contributed by atoms with Gasteiger partial charge in [0.25, 0.3) is 0 Å². The fraction of sp³-hybridized carbons (Fsp3) is 1.00. The second-order valence-electron chi connectivity index (χ2n) is 6.27. The normalized spacial score (nSPS) is 31.8. The van der Waals surface area contributed by atoms with Crippen molar-refractivity contribution in [2.45, 2.75) is 70.2 Å². The summed E-state index contributed by atoms with van der Waals surface area (Å²) in [5.74, 6) is 0. The van der Waals surface area contributed by atoms with E-state index in [0.29, 0.717) is 0 Å². The van der Waals surface area contributed by atoms with Crippen molar-refractivity contribution in [3.8, 4) is 0 Å². The molecule has 0 aliphatic heterocycles. The Bertz CT molecular complexity index is 256. The monoisotopic (exact) mass is 242 g/mol. The summed E-state index contributed by atoms with van der Waals surface area (Å²) in [5, 5.41) is 9.97. The van der Waals surface area contributed by atoms with Crippen LogP contribution in [0.2, 0.25) is 0 Å². The predicted molar refractivity (Wildman–Crippen MR) is 67.0 cm³/mol. The molecule has 0 saturated heterocycles. The molecule has 0 aromatic heterocycles. The van der Waals surface area contributed by atoms with Gasteiger partial charge in [0.2, 0.25) is 0 Å². The molecule has 2 unspecified atom stereocenters. The summed E-state index contributed by atoms with van der Waals surface area (Å²) in [4.78, 5) is 0. The van der Waals surface area contributed by atoms with Gasteiger partial charge in [-0.25, -0.2) is 0 Å². The Labute approximate surface area is 104 Å². The average molecular weight is 242 g/mol. The number of hydrogen-bond acceptors (Lipinski definition) is 3. The van der Waals surface area contributed by atoms with Crippen molar-refractivity contribution in [1.29, 1.82) is 0 Å². The van der Waals surface area contributed by atoms with Crippen molar-refractivity contribution >= 4 is 0 Å². The van der Waals surface area contributed by atoms with Crippen LogP contribution in [0.5, 0.6) is 0 Å². The van der Waals surface area contributed by atoms with E-state index in [1.807, 2.05) is 0 Å². The lowest BCUT2D eigenvalue weighted by Crippen LogP contribution is -2.56. The maximum absolute atomic E-state index is 9.97. The Morgan fingerprint density at radius 3 is 2.47 bits per heavy atom. The summed E-state index contributed by atoms with van der Waals surface area (Å²) in [6.45, 7) is 4.90. The highest BCUT2D eigenvalue weighted by atomic mass is 16.5. The first-order valence-electron chi connectivity index (χ1n) is 6.85. The third-order valence-corrected chi connectivity index (χ3v) is 4.85. The number of ether oxygens (including phenoxy) is 2. The van der Waals surface area contributed by atoms with Gasteiger partial charge in [-0.2, -0.15) is 0 Å². The second-order valence-corrected chi connectivity index (χ2v) is 6.27. The third kappa shape index (κ3) is 2.51. The van der Waals surface area contributed by atoms with Crippen LogP contribution >= 0.6 is 0 Å². The van der Waals surface area contributed by atoms with Crippen LogP contribution in [0.3, 0.4) is 0 Å². The molecule has 0 heterocycles. The van der Waals surface area contributed by atoms with Gasteiger partial charge in [0.15, 0.2) is 0 Å². The van der Waals surface area contributed by atoms with E-state index >= 15 is 0 Å². The van der Waals surface area contributed by atoms with Crippen molar-refractivity contribution in [1.82, 2.24) is 0 Å². The Balaban J connectivity index is 1.77. The zero-order valence-electron chi connectivity index (χ0n) is 11.4. The van der Waals surface area contributed by atoms with Gasteiger partial charge >= 0.3 is 0 Å². The molecule has 0 aromatic carbocycles. The van der Waals surface area contributed by atoms with E-state index in [-0.39, 0.29) is 23.2 Å². The highest BCUT2D eigenvalue weighted by Crippen LogP contribution is 2.54. The maximum atomic E-state index is 9.97. The molecule has 3 nitrogen and oxygen atoms in total. The Kier molecular flexibility index (Phi) is 3.81. The van der Waals surface area contributed by atoms with Crippen LogP contribution in [0.4, 0.5) is 0 Å². The van der Waals surface area contributed by atoms with Crippen molar-refractivity contribution in [3.63, 3.8) is 0 Å². The van der Waals surface area contributed by atoms with E-state index in [1.165, 1.54) is 12.8 Å². The number of aliphatic hydroxyl groups excluding tert-OH is 1. The minimum absolute atomic E-state index is 0.106. The van der Waals surface area contributed by atoms with E-state index in [0.717, 1.165) is 32.3 Å². The number of rotatable bonds is 5. The number of methoxy groups -OCH3 is 1. The summed E-state index contributed by atoms with van der Waals surface area (Å²) >= 11 is 0. The molecule has 2 rings (SSSR count). The van der Waals surface area contributed by atoms with Crippen LogP contribution in [-0.2, 0) is 9.47 Å². The molecule has 0 aromatic rings. The van der Waals surface area contributed by atoms with Crippen molar-refractivity contribution < 1.29 is 14.6 Å². The van der Waals surface area contributed by atoms with Gasteiger partial charge in [-0.15, -0.1) is 0 Å². The molecular formula is C14H26O3. The molecule has 0 radical (unpaired) electrons. The Morgan fingerprint density at radius 1 is 1.29 bits per heavy atom. The SMILES string of the molecule is COC(C)(C)CCOC1CC(O)C12CCCC2. The number of aliphatic hydroxyl groups is 1. The van der Waals surface area contributed by atoms with Crippen LogP contribution in [0, 0.1) is 5.41 Å². The van der Waals surface area contributed by atoms with E-state index in [2.05, 4.69) is 13.8 Å². The average Bonchev–Trinajstić information content (AvgIpc) is 2.80. The quantitative estimate of drug-likeness (QED) is 0.805. The van der Waals surface area contributed by atoms with Crippen molar-refractivity contribution in [2.75, 3.05) is 13.7 Å². The minimum Gasteiger partial charge on any atom is -0.392 e. The van der Waals surface area contributed by atoms with Gasteiger partial charge in [0, 0.05) is 25.6 Å². The van der Waals surface area contributed by atoms with Gasteiger partial charge < -0.3 is 14.6 Å². The lowest BCUT2D eigenvalue weighted by molar-refractivity contribution is -0.193. The second kappa shape index (κ2) is 4.87. The molecule has 1 N–H and O–H groups in total. The highest BCUT2D eigenvalue weighted by Gasteiger charge is 2.56. The number of hydrogen-bond donors (Lipinski definition) is 1. The highest BCUT2D eigenvalue weighted by molar-refractivity contribution is 5.06. The zero-order valence-corrected chi connectivity index (χ0v) is 11.4. The smallest absolute Gasteiger partial charge is 0.0680 e. The first-order chi connectivity index (χ1) is 8.00. The van der Waals surface area contributed by atoms with Gasteiger partial charge in [0.1, 0.15) is 0 Å². The Hall–Kier alpha value is -0.120. The predicted octanol–water partition coefficient (Wildman–Crippen LogP) is 2.51. The van der Waals surface area contributed by atoms with E-state index in [4.69, 9.17) is 9.47 Å². The summed E-state index contributed by atoms with van der Waals surface area (Å²) in [5.41, 5.74) is 0.00240. The molecule has 0 bridgehead atoms. The molecule has 0 amide bonds. The molecule has 2 saturated carbocycles. The summed E-state index contributed by atoms with van der Waals surface area (Å²) < 4.78 is 11.4. The molecule has 3 heteroatoms. The minimum atomic E-state index is -0.120. The van der Waals surface area contributed by atoms with Crippen LogP contribution in [-0.4, -0.2) is 36.6 Å². The molecule has 2 atom stereocenters. The molecule has 1 spiro atoms. The van der Waals surface area contributed by atoms with Gasteiger partial charge in [-0.05, 0) is 33.1 Å². The van der Waals surface area contributed by atoms with Crippen LogP contribution in [0.1, 0.15) is 52.4 Å². The summed E-state index contributed by atoms with van der Waals surface area (Å²) in [6, 6.07) is 0. The molecule has 2 aliphatic carbocycles. The fourth-order valence-corrected chi connectivity index (χ4v) is 3.20. The van der Waals surface area contributed by atoms with Gasteiger partial charge in [0.05, 0.1) is 17.8 Å². The van der Waals surface area contributed by atoms with E-state index in [9.17, 15) is 5.11 Å².